The van der Waals surface area contributed by atoms with Gasteiger partial charge in [-0.1, -0.05) is 12.1 Å². The van der Waals surface area contributed by atoms with Crippen molar-refractivity contribution in [1.29, 1.82) is 0 Å². The Morgan fingerprint density at radius 2 is 1.97 bits per heavy atom. The lowest BCUT2D eigenvalue weighted by Gasteiger charge is -2.31. The third-order valence-electron chi connectivity index (χ3n) is 4.63. The Labute approximate surface area is 203 Å². The van der Waals surface area contributed by atoms with Crippen molar-refractivity contribution in [3.63, 3.8) is 0 Å². The van der Waals surface area contributed by atoms with Crippen molar-refractivity contribution in [2.75, 3.05) is 24.7 Å². The van der Waals surface area contributed by atoms with Crippen LogP contribution in [0.15, 0.2) is 46.8 Å². The number of nitro groups is 1. The zero-order valence-corrected chi connectivity index (χ0v) is 20.7. The van der Waals surface area contributed by atoms with Gasteiger partial charge in [0.05, 0.1) is 34.7 Å². The van der Waals surface area contributed by atoms with E-state index < -0.39 is 22.8 Å². The Kier molecular flexibility index (Phi) is 11.4. The monoisotopic (exact) mass is 499 g/mol. The fourth-order valence-corrected chi connectivity index (χ4v) is 4.16. The van der Waals surface area contributed by atoms with Gasteiger partial charge in [0, 0.05) is 41.6 Å². The first-order chi connectivity index (χ1) is 15.2. The van der Waals surface area contributed by atoms with Gasteiger partial charge in [0.15, 0.2) is 0 Å². The lowest BCUT2D eigenvalue weighted by atomic mass is 9.80. The molecule has 0 amide bonds. The molecule has 0 aromatic heterocycles. The molecule has 1 heterocycles. The van der Waals surface area contributed by atoms with Crippen molar-refractivity contribution < 1.29 is 24.0 Å². The molecule has 0 aliphatic carbocycles. The van der Waals surface area contributed by atoms with E-state index in [1.165, 1.54) is 30.0 Å². The van der Waals surface area contributed by atoms with Crippen LogP contribution >= 0.6 is 24.2 Å². The summed E-state index contributed by atoms with van der Waals surface area (Å²) in [6, 6.07) is 5.92. The second-order valence-corrected chi connectivity index (χ2v) is 8.46. The molecule has 1 atom stereocenters. The molecule has 11 heteroatoms. The predicted octanol–water partition coefficient (Wildman–Crippen LogP) is 3.44. The van der Waals surface area contributed by atoms with E-state index in [1.54, 1.807) is 33.8 Å². The zero-order chi connectivity index (χ0) is 23.8. The van der Waals surface area contributed by atoms with Crippen LogP contribution in [0.4, 0.5) is 5.69 Å². The minimum absolute atomic E-state index is 0. The maximum Gasteiger partial charge on any atom is 0.337 e. The Bertz CT molecular complexity index is 948. The smallest absolute Gasteiger partial charge is 0.337 e. The molecule has 9 nitrogen and oxygen atoms in total. The number of esters is 2. The third kappa shape index (κ3) is 7.21. The largest absolute Gasteiger partial charge is 0.463 e. The highest BCUT2D eigenvalue weighted by Gasteiger charge is 2.39. The summed E-state index contributed by atoms with van der Waals surface area (Å²) in [6.07, 6.45) is -0.384. The standard InChI is InChI=1S/C22H29N3O6S.ClH/c1-5-30-21(26)20-17(12-32-10-9-23)24-14(4)18(22(27)31-13(2)3)19(20)15-7-6-8-16(11-15)25(28)29;/h6-8,11,13,19,24H,5,9-10,12,23H2,1-4H3;1H. The minimum atomic E-state index is -0.880. The van der Waals surface area contributed by atoms with Crippen LogP contribution in [0.25, 0.3) is 0 Å². The maximum atomic E-state index is 13.1. The van der Waals surface area contributed by atoms with Gasteiger partial charge < -0.3 is 20.5 Å². The summed E-state index contributed by atoms with van der Waals surface area (Å²) in [5, 5.41) is 14.6. The molecule has 0 saturated carbocycles. The summed E-state index contributed by atoms with van der Waals surface area (Å²) >= 11 is 1.53. The number of hydrogen-bond donors (Lipinski definition) is 2. The number of halogens is 1. The molecule has 0 bridgehead atoms. The molecule has 0 saturated heterocycles. The molecule has 1 unspecified atom stereocenters. The average molecular weight is 500 g/mol. The van der Waals surface area contributed by atoms with E-state index >= 15 is 0 Å². The van der Waals surface area contributed by atoms with Crippen LogP contribution in [0.3, 0.4) is 0 Å². The van der Waals surface area contributed by atoms with Gasteiger partial charge in [0.2, 0.25) is 0 Å². The van der Waals surface area contributed by atoms with Crippen LogP contribution in [0.1, 0.15) is 39.2 Å². The Morgan fingerprint density at radius 1 is 1.27 bits per heavy atom. The second kappa shape index (κ2) is 13.2. The molecule has 3 N–H and O–H groups in total. The quantitative estimate of drug-likeness (QED) is 0.215. The van der Waals surface area contributed by atoms with Crippen molar-refractivity contribution in [2.24, 2.45) is 5.73 Å². The van der Waals surface area contributed by atoms with Crippen LogP contribution in [0.2, 0.25) is 0 Å². The second-order valence-electron chi connectivity index (χ2n) is 7.36. The number of nitrogens with two attached hydrogens (primary N) is 1. The zero-order valence-electron chi connectivity index (χ0n) is 19.1. The van der Waals surface area contributed by atoms with Gasteiger partial charge in [-0.15, -0.1) is 12.4 Å². The number of non-ortho nitro benzene ring substituents is 1. The number of nitrogens with zero attached hydrogens (tertiary/aromatic N) is 1. The Balaban J connectivity index is 0.00000544. The molecular formula is C22H30ClN3O6S. The van der Waals surface area contributed by atoms with Crippen molar-refractivity contribution in [3.05, 3.63) is 62.5 Å². The van der Waals surface area contributed by atoms with Crippen LogP contribution in [0.5, 0.6) is 0 Å². The number of allylic oxidation sites excluding steroid dienone is 1. The van der Waals surface area contributed by atoms with Gasteiger partial charge in [-0.25, -0.2) is 9.59 Å². The molecule has 0 radical (unpaired) electrons. The van der Waals surface area contributed by atoms with Crippen LogP contribution in [-0.2, 0) is 19.1 Å². The number of carbonyl (C=O) groups excluding carboxylic acids is 2. The van der Waals surface area contributed by atoms with Crippen molar-refractivity contribution in [3.8, 4) is 0 Å². The fraction of sp³-hybridized carbons (Fsp3) is 0.455. The SMILES string of the molecule is CCOC(=O)C1=C(CSCCN)NC(C)=C(C(=O)OC(C)C)C1c1cccc([N+](=O)[O-])c1.Cl. The summed E-state index contributed by atoms with van der Waals surface area (Å²) < 4.78 is 10.8. The van der Waals surface area contributed by atoms with Crippen LogP contribution in [0, 0.1) is 10.1 Å². The first kappa shape index (κ1) is 28.5. The van der Waals surface area contributed by atoms with Crippen LogP contribution in [-0.4, -0.2) is 47.6 Å². The molecule has 1 aromatic carbocycles. The van der Waals surface area contributed by atoms with Gasteiger partial charge in [0.25, 0.3) is 5.69 Å². The summed E-state index contributed by atoms with van der Waals surface area (Å²) in [5.41, 5.74) is 7.44. The van der Waals surface area contributed by atoms with Crippen LogP contribution < -0.4 is 11.1 Å². The lowest BCUT2D eigenvalue weighted by molar-refractivity contribution is -0.384. The molecule has 182 valence electrons. The molecule has 1 aliphatic rings. The number of thioether (sulfide) groups is 1. The van der Waals surface area contributed by atoms with E-state index in [4.69, 9.17) is 15.2 Å². The maximum absolute atomic E-state index is 13.1. The molecule has 1 aromatic rings. The first-order valence-corrected chi connectivity index (χ1v) is 11.5. The number of nitro benzene ring substituents is 1. The lowest BCUT2D eigenvalue weighted by Crippen LogP contribution is -2.34. The number of ether oxygens (including phenoxy) is 2. The van der Waals surface area contributed by atoms with E-state index in [1.807, 2.05) is 0 Å². The molecule has 33 heavy (non-hydrogen) atoms. The van der Waals surface area contributed by atoms with Gasteiger partial charge in [0.1, 0.15) is 0 Å². The van der Waals surface area contributed by atoms with E-state index in [0.717, 1.165) is 0 Å². The Hall–Kier alpha value is -2.56. The number of carbonyl (C=O) groups is 2. The molecule has 1 aliphatic heterocycles. The van der Waals surface area contributed by atoms with Gasteiger partial charge in [-0.05, 0) is 33.3 Å². The molecule has 2 rings (SSSR count). The van der Waals surface area contributed by atoms with Gasteiger partial charge >= 0.3 is 11.9 Å². The topological polar surface area (TPSA) is 134 Å². The van der Waals surface area contributed by atoms with Gasteiger partial charge in [-0.3, -0.25) is 10.1 Å². The molecular weight excluding hydrogens is 470 g/mol. The number of benzene rings is 1. The number of hydrogen-bond acceptors (Lipinski definition) is 9. The summed E-state index contributed by atoms with van der Waals surface area (Å²) in [6.45, 7) is 7.47. The summed E-state index contributed by atoms with van der Waals surface area (Å²) in [7, 11) is 0. The van der Waals surface area contributed by atoms with E-state index in [-0.39, 0.29) is 42.0 Å². The summed E-state index contributed by atoms with van der Waals surface area (Å²) in [5.74, 6) is -0.969. The average Bonchev–Trinajstić information content (AvgIpc) is 2.73. The van der Waals surface area contributed by atoms with Crippen molar-refractivity contribution in [2.45, 2.75) is 39.7 Å². The summed E-state index contributed by atoms with van der Waals surface area (Å²) in [4.78, 5) is 37.0. The highest BCUT2D eigenvalue weighted by Crippen LogP contribution is 2.41. The fourth-order valence-electron chi connectivity index (χ4n) is 3.42. The predicted molar refractivity (Wildman–Crippen MR) is 130 cm³/mol. The first-order valence-electron chi connectivity index (χ1n) is 10.3. The van der Waals surface area contributed by atoms with Crippen molar-refractivity contribution in [1.82, 2.24) is 5.32 Å². The third-order valence-corrected chi connectivity index (χ3v) is 5.64. The highest BCUT2D eigenvalue weighted by atomic mass is 35.5. The molecule has 0 fully saturated rings. The molecule has 0 spiro atoms. The number of rotatable bonds is 10. The minimum Gasteiger partial charge on any atom is -0.463 e. The Morgan fingerprint density at radius 3 is 2.55 bits per heavy atom. The normalized spacial score (nSPS) is 15.6. The van der Waals surface area contributed by atoms with Gasteiger partial charge in [-0.2, -0.15) is 11.8 Å². The van der Waals surface area contributed by atoms with E-state index in [0.29, 0.717) is 35.0 Å². The van der Waals surface area contributed by atoms with E-state index in [2.05, 4.69) is 5.32 Å². The number of dihydropyridines is 1. The number of nitrogens with one attached hydrogen (secondary N) is 1. The van der Waals surface area contributed by atoms with E-state index in [9.17, 15) is 19.7 Å². The van der Waals surface area contributed by atoms with Crippen molar-refractivity contribution >= 4 is 41.8 Å². The highest BCUT2D eigenvalue weighted by molar-refractivity contribution is 7.99.